The van der Waals surface area contributed by atoms with E-state index in [1.54, 1.807) is 17.0 Å². The molecule has 2 amide bonds. The van der Waals surface area contributed by atoms with Gasteiger partial charge in [0, 0.05) is 13.1 Å². The van der Waals surface area contributed by atoms with Crippen LogP contribution in [-0.4, -0.2) is 42.0 Å². The zero-order valence-corrected chi connectivity index (χ0v) is 16.9. The Balaban J connectivity index is 1.72. The van der Waals surface area contributed by atoms with E-state index in [2.05, 4.69) is 5.32 Å². The second-order valence-corrected chi connectivity index (χ2v) is 7.28. The Kier molecular flexibility index (Phi) is 7.87. The number of aliphatic hydroxyl groups excluding tert-OH is 1. The van der Waals surface area contributed by atoms with Gasteiger partial charge in [0.15, 0.2) is 11.5 Å². The van der Waals surface area contributed by atoms with Crippen molar-refractivity contribution in [1.29, 1.82) is 0 Å². The number of aliphatic hydroxyl groups is 1. The van der Waals surface area contributed by atoms with Crippen molar-refractivity contribution < 1.29 is 23.8 Å². The molecule has 8 heteroatoms. The number of hydrogen-bond donors (Lipinski definition) is 3. The first-order valence-electron chi connectivity index (χ1n) is 10.1. The van der Waals surface area contributed by atoms with Crippen LogP contribution in [-0.2, 0) is 13.1 Å². The monoisotopic (exact) mass is 417 g/mol. The average Bonchev–Trinajstić information content (AvgIpc) is 3.22. The zero-order valence-electron chi connectivity index (χ0n) is 16.9. The molecular formula is C22H28FN3O4. The number of hydrogen-bond acceptors (Lipinski definition) is 5. The Morgan fingerprint density at radius 2 is 1.80 bits per heavy atom. The number of rotatable bonds is 10. The summed E-state index contributed by atoms with van der Waals surface area (Å²) < 4.78 is 24.0. The summed E-state index contributed by atoms with van der Waals surface area (Å²) in [7, 11) is 0. The number of urea groups is 1. The van der Waals surface area contributed by atoms with E-state index in [0.29, 0.717) is 37.6 Å². The van der Waals surface area contributed by atoms with Gasteiger partial charge < -0.3 is 30.5 Å². The molecule has 1 unspecified atom stereocenters. The number of nitrogens with zero attached hydrogens (tertiary/aromatic N) is 1. The van der Waals surface area contributed by atoms with E-state index in [1.807, 2.05) is 18.2 Å². The highest BCUT2D eigenvalue weighted by Gasteiger charge is 2.20. The fourth-order valence-electron chi connectivity index (χ4n) is 3.28. The van der Waals surface area contributed by atoms with Gasteiger partial charge in [-0.2, -0.15) is 0 Å². The first-order chi connectivity index (χ1) is 14.6. The molecule has 3 rings (SSSR count). The molecule has 0 saturated carbocycles. The third-order valence-corrected chi connectivity index (χ3v) is 4.94. The molecule has 0 aromatic heterocycles. The molecule has 2 aromatic carbocycles. The van der Waals surface area contributed by atoms with Gasteiger partial charge in [-0.25, -0.2) is 9.18 Å². The van der Waals surface area contributed by atoms with Crippen LogP contribution in [0, 0.1) is 5.82 Å². The molecule has 1 aliphatic heterocycles. The van der Waals surface area contributed by atoms with Crippen molar-refractivity contribution in [1.82, 2.24) is 10.2 Å². The molecule has 0 aliphatic carbocycles. The molecule has 7 nitrogen and oxygen atoms in total. The lowest BCUT2D eigenvalue weighted by Gasteiger charge is -2.26. The zero-order chi connectivity index (χ0) is 21.3. The minimum absolute atomic E-state index is 0.148. The van der Waals surface area contributed by atoms with Crippen LogP contribution in [0.4, 0.5) is 9.18 Å². The lowest BCUT2D eigenvalue weighted by Crippen LogP contribution is -2.45. The number of nitrogens with one attached hydrogen (secondary N) is 1. The Morgan fingerprint density at radius 1 is 1.10 bits per heavy atom. The van der Waals surface area contributed by atoms with Gasteiger partial charge in [-0.15, -0.1) is 0 Å². The van der Waals surface area contributed by atoms with E-state index in [1.165, 1.54) is 12.1 Å². The van der Waals surface area contributed by atoms with Crippen molar-refractivity contribution in [2.24, 2.45) is 5.73 Å². The summed E-state index contributed by atoms with van der Waals surface area (Å²) in [5.74, 6) is 0.990. The Bertz CT molecular complexity index is 832. The fraction of sp³-hybridized carbons (Fsp3) is 0.409. The van der Waals surface area contributed by atoms with Gasteiger partial charge in [-0.3, -0.25) is 0 Å². The third-order valence-electron chi connectivity index (χ3n) is 4.94. The summed E-state index contributed by atoms with van der Waals surface area (Å²) >= 11 is 0. The van der Waals surface area contributed by atoms with Crippen molar-refractivity contribution in [2.45, 2.75) is 38.4 Å². The van der Waals surface area contributed by atoms with Crippen molar-refractivity contribution in [3.05, 3.63) is 59.4 Å². The predicted molar refractivity (Wildman–Crippen MR) is 111 cm³/mol. The van der Waals surface area contributed by atoms with E-state index in [-0.39, 0.29) is 31.3 Å². The Morgan fingerprint density at radius 3 is 2.53 bits per heavy atom. The second-order valence-electron chi connectivity index (χ2n) is 7.28. The van der Waals surface area contributed by atoms with Crippen molar-refractivity contribution in [3.8, 4) is 11.5 Å². The maximum atomic E-state index is 13.3. The lowest BCUT2D eigenvalue weighted by atomic mass is 10.1. The van der Waals surface area contributed by atoms with Crippen LogP contribution in [0.25, 0.3) is 0 Å². The van der Waals surface area contributed by atoms with Crippen LogP contribution in [0.3, 0.4) is 0 Å². The maximum Gasteiger partial charge on any atom is 0.318 e. The normalized spacial score (nSPS) is 13.2. The molecule has 2 aromatic rings. The molecule has 162 valence electrons. The number of benzene rings is 2. The molecule has 30 heavy (non-hydrogen) atoms. The first kappa shape index (κ1) is 21.9. The van der Waals surface area contributed by atoms with Crippen molar-refractivity contribution >= 4 is 6.03 Å². The molecule has 0 bridgehead atoms. The minimum Gasteiger partial charge on any atom is -0.454 e. The number of ether oxygens (including phenoxy) is 2. The lowest BCUT2D eigenvalue weighted by molar-refractivity contribution is 0.172. The van der Waals surface area contributed by atoms with Gasteiger partial charge >= 0.3 is 6.03 Å². The Labute approximate surface area is 175 Å². The largest absolute Gasteiger partial charge is 0.454 e. The van der Waals surface area contributed by atoms with Crippen molar-refractivity contribution in [3.63, 3.8) is 0 Å². The molecule has 4 N–H and O–H groups in total. The Hall–Kier alpha value is -2.84. The van der Waals surface area contributed by atoms with Crippen molar-refractivity contribution in [2.75, 3.05) is 19.9 Å². The van der Waals surface area contributed by atoms with Crippen LogP contribution in [0.5, 0.6) is 11.5 Å². The van der Waals surface area contributed by atoms with E-state index < -0.39 is 0 Å². The molecule has 1 aliphatic rings. The minimum atomic E-state index is -0.350. The summed E-state index contributed by atoms with van der Waals surface area (Å²) in [4.78, 5) is 14.6. The highest BCUT2D eigenvalue weighted by molar-refractivity contribution is 5.74. The summed E-state index contributed by atoms with van der Waals surface area (Å²) in [5, 5.41) is 12.5. The number of amides is 2. The SMILES string of the molecule is NCCCCC(CO)NC(=O)N(Cc1ccc(F)cc1)Cc1ccc2c(c1)OCO2. The number of nitrogens with two attached hydrogens (primary N) is 1. The van der Waals surface area contributed by atoms with E-state index in [0.717, 1.165) is 24.0 Å². The predicted octanol–water partition coefficient (Wildman–Crippen LogP) is 2.76. The van der Waals surface area contributed by atoms with Gasteiger partial charge in [-0.1, -0.05) is 24.6 Å². The maximum absolute atomic E-state index is 13.3. The topological polar surface area (TPSA) is 97.0 Å². The first-order valence-corrected chi connectivity index (χ1v) is 10.1. The molecule has 1 heterocycles. The second kappa shape index (κ2) is 10.8. The molecule has 0 saturated heterocycles. The summed E-state index contributed by atoms with van der Waals surface area (Å²) in [6, 6.07) is 10.9. The highest BCUT2D eigenvalue weighted by atomic mass is 19.1. The van der Waals surface area contributed by atoms with Gasteiger partial charge in [0.25, 0.3) is 0 Å². The average molecular weight is 417 g/mol. The van der Waals surface area contributed by atoms with E-state index in [4.69, 9.17) is 15.2 Å². The molecule has 0 spiro atoms. The van der Waals surface area contributed by atoms with E-state index >= 15 is 0 Å². The number of carbonyl (C=O) groups is 1. The summed E-state index contributed by atoms with van der Waals surface area (Å²) in [6.45, 7) is 1.22. The number of halogens is 1. The fourth-order valence-corrected chi connectivity index (χ4v) is 3.28. The standard InChI is InChI=1S/C22H28FN3O4/c23-18-7-4-16(5-8-18)12-26(22(28)25-19(14-27)3-1-2-10-24)13-17-6-9-20-21(11-17)30-15-29-20/h4-9,11,19,27H,1-3,10,12-15,24H2,(H,25,28). The van der Waals surface area contributed by atoms with Crippen LogP contribution >= 0.6 is 0 Å². The smallest absolute Gasteiger partial charge is 0.318 e. The van der Waals surface area contributed by atoms with Crippen LogP contribution in [0.15, 0.2) is 42.5 Å². The molecule has 0 radical (unpaired) electrons. The number of carbonyl (C=O) groups excluding carboxylic acids is 1. The van der Waals surface area contributed by atoms with Gasteiger partial charge in [0.05, 0.1) is 12.6 Å². The molecule has 0 fully saturated rings. The third kappa shape index (κ3) is 6.08. The molecule has 1 atom stereocenters. The summed E-state index contributed by atoms with van der Waals surface area (Å²) in [6.07, 6.45) is 2.30. The number of fused-ring (bicyclic) bond motifs is 1. The van der Waals surface area contributed by atoms with Crippen LogP contribution < -0.4 is 20.5 Å². The van der Waals surface area contributed by atoms with Gasteiger partial charge in [0.1, 0.15) is 5.82 Å². The highest BCUT2D eigenvalue weighted by Crippen LogP contribution is 2.33. The van der Waals surface area contributed by atoms with Gasteiger partial charge in [0.2, 0.25) is 6.79 Å². The molecular weight excluding hydrogens is 389 g/mol. The van der Waals surface area contributed by atoms with Crippen LogP contribution in [0.1, 0.15) is 30.4 Å². The van der Waals surface area contributed by atoms with Crippen LogP contribution in [0.2, 0.25) is 0 Å². The van der Waals surface area contributed by atoms with E-state index in [9.17, 15) is 14.3 Å². The quantitative estimate of drug-likeness (QED) is 0.517. The number of unbranched alkanes of at least 4 members (excludes halogenated alkanes) is 1. The van der Waals surface area contributed by atoms with Gasteiger partial charge in [-0.05, 0) is 54.8 Å². The summed E-state index contributed by atoms with van der Waals surface area (Å²) in [5.41, 5.74) is 7.20.